The molecule has 2 aromatic heterocycles. The van der Waals surface area contributed by atoms with Gasteiger partial charge in [-0.15, -0.1) is 11.3 Å². The molecule has 4 rings (SSSR count). The third-order valence-corrected chi connectivity index (χ3v) is 8.01. The number of halogens is 1. The van der Waals surface area contributed by atoms with Crippen LogP contribution in [0.25, 0.3) is 10.4 Å². The molecule has 0 radical (unpaired) electrons. The minimum atomic E-state index is -1.34. The Morgan fingerprint density at radius 1 is 1.07 bits per heavy atom. The number of benzene rings is 2. The zero-order valence-corrected chi connectivity index (χ0v) is 25.5. The molecular formula is C32H34FN5O6S. The highest BCUT2D eigenvalue weighted by Crippen LogP contribution is 2.38. The maximum absolute atomic E-state index is 15.1. The number of thiophene rings is 1. The van der Waals surface area contributed by atoms with E-state index in [1.165, 1.54) is 18.2 Å². The van der Waals surface area contributed by atoms with Gasteiger partial charge in [-0.1, -0.05) is 48.5 Å². The first kappa shape index (κ1) is 33.1. The fraction of sp³-hybridized carbons (Fsp3) is 0.250. The predicted octanol–water partition coefficient (Wildman–Crippen LogP) is 4.22. The van der Waals surface area contributed by atoms with Crippen molar-refractivity contribution in [3.63, 3.8) is 0 Å². The van der Waals surface area contributed by atoms with Gasteiger partial charge < -0.3 is 31.7 Å². The van der Waals surface area contributed by atoms with Gasteiger partial charge in [0.25, 0.3) is 5.91 Å². The first-order valence-corrected chi connectivity index (χ1v) is 14.8. The van der Waals surface area contributed by atoms with Crippen LogP contribution < -0.4 is 16.4 Å². The van der Waals surface area contributed by atoms with E-state index in [0.717, 1.165) is 21.8 Å². The van der Waals surface area contributed by atoms with Gasteiger partial charge in [-0.05, 0) is 49.2 Å². The Labute approximate surface area is 263 Å². The first-order valence-electron chi connectivity index (χ1n) is 14.0. The summed E-state index contributed by atoms with van der Waals surface area (Å²) < 4.78 is 15.1. The zero-order chi connectivity index (χ0) is 32.7. The Balaban J connectivity index is 1.61. The molecule has 1 atom stereocenters. The molecule has 0 aliphatic heterocycles. The summed E-state index contributed by atoms with van der Waals surface area (Å²) in [5.74, 6) is -1.64. The zero-order valence-electron chi connectivity index (χ0n) is 24.7. The van der Waals surface area contributed by atoms with Crippen LogP contribution in [0.1, 0.15) is 41.0 Å². The van der Waals surface area contributed by atoms with Crippen molar-refractivity contribution in [2.24, 2.45) is 5.73 Å². The van der Waals surface area contributed by atoms with Gasteiger partial charge in [-0.25, -0.2) is 14.2 Å². The molecule has 2 aromatic carbocycles. The average molecular weight is 636 g/mol. The molecule has 11 nitrogen and oxygen atoms in total. The van der Waals surface area contributed by atoms with E-state index in [1.807, 2.05) is 6.07 Å². The summed E-state index contributed by atoms with van der Waals surface area (Å²) in [5, 5.41) is 35.4. The second-order valence-corrected chi connectivity index (χ2v) is 11.8. The summed E-state index contributed by atoms with van der Waals surface area (Å²) in [6.07, 6.45) is -1.25. The van der Waals surface area contributed by atoms with Gasteiger partial charge in [0.05, 0.1) is 30.0 Å². The van der Waals surface area contributed by atoms with Crippen molar-refractivity contribution in [1.82, 2.24) is 15.2 Å². The lowest BCUT2D eigenvalue weighted by molar-refractivity contribution is -0.126. The fourth-order valence-corrected chi connectivity index (χ4v) is 5.71. The van der Waals surface area contributed by atoms with Gasteiger partial charge >= 0.3 is 6.09 Å². The summed E-state index contributed by atoms with van der Waals surface area (Å²) in [6, 6.07) is 18.5. The van der Waals surface area contributed by atoms with Gasteiger partial charge in [0.1, 0.15) is 22.7 Å². The number of aliphatic hydroxyl groups excluding tert-OH is 1. The summed E-state index contributed by atoms with van der Waals surface area (Å²) in [7, 11) is 0. The molecule has 0 saturated carbocycles. The van der Waals surface area contributed by atoms with Crippen molar-refractivity contribution in [3.8, 4) is 10.4 Å². The van der Waals surface area contributed by atoms with Crippen molar-refractivity contribution >= 4 is 40.1 Å². The lowest BCUT2D eigenvalue weighted by atomic mass is 9.96. The van der Waals surface area contributed by atoms with Crippen LogP contribution in [-0.4, -0.2) is 62.3 Å². The average Bonchev–Trinajstić information content (AvgIpc) is 3.41. The number of carbonyl (C=O) groups excluding carboxylic acids is 2. The molecule has 0 fully saturated rings. The molecular weight excluding hydrogens is 601 g/mol. The van der Waals surface area contributed by atoms with E-state index in [0.29, 0.717) is 21.1 Å². The van der Waals surface area contributed by atoms with Crippen molar-refractivity contribution in [3.05, 3.63) is 101 Å². The van der Waals surface area contributed by atoms with Crippen LogP contribution >= 0.6 is 11.3 Å². The third kappa shape index (κ3) is 8.41. The summed E-state index contributed by atoms with van der Waals surface area (Å²) >= 11 is 1.07. The van der Waals surface area contributed by atoms with Gasteiger partial charge in [-0.3, -0.25) is 14.5 Å². The normalized spacial score (nSPS) is 11.9. The van der Waals surface area contributed by atoms with Crippen LogP contribution in [-0.2, 0) is 23.4 Å². The van der Waals surface area contributed by atoms with Gasteiger partial charge in [-0.2, -0.15) is 0 Å². The van der Waals surface area contributed by atoms with E-state index < -0.39 is 35.4 Å². The molecule has 4 aromatic rings. The highest BCUT2D eigenvalue weighted by Gasteiger charge is 2.30. The van der Waals surface area contributed by atoms with Gasteiger partial charge in [0, 0.05) is 23.4 Å². The number of nitrogens with two attached hydrogens (primary N) is 1. The maximum Gasteiger partial charge on any atom is 0.408 e. The molecule has 3 amide bonds. The number of nitrogens with zero attached hydrogens (tertiary/aromatic N) is 2. The Morgan fingerprint density at radius 3 is 2.42 bits per heavy atom. The van der Waals surface area contributed by atoms with Crippen molar-refractivity contribution in [1.29, 1.82) is 0 Å². The van der Waals surface area contributed by atoms with E-state index in [2.05, 4.69) is 15.6 Å². The quantitative estimate of drug-likeness (QED) is 0.126. The van der Waals surface area contributed by atoms with E-state index in [-0.39, 0.29) is 43.1 Å². The molecule has 7 N–H and O–H groups in total. The van der Waals surface area contributed by atoms with E-state index in [1.54, 1.807) is 62.4 Å². The number of anilines is 2. The van der Waals surface area contributed by atoms with E-state index in [9.17, 15) is 29.7 Å². The van der Waals surface area contributed by atoms with Crippen molar-refractivity contribution in [2.45, 2.75) is 38.5 Å². The molecule has 0 saturated heterocycles. The molecule has 2 heterocycles. The number of aromatic nitrogens is 1. The summed E-state index contributed by atoms with van der Waals surface area (Å²) in [4.78, 5) is 43.6. The lowest BCUT2D eigenvalue weighted by Crippen LogP contribution is -2.50. The van der Waals surface area contributed by atoms with E-state index >= 15 is 4.39 Å². The number of carboxylic acid groups (broad SMARTS) is 1. The van der Waals surface area contributed by atoms with Crippen molar-refractivity contribution in [2.75, 3.05) is 18.5 Å². The molecule has 0 aliphatic carbocycles. The second kappa shape index (κ2) is 14.3. The third-order valence-electron chi connectivity index (χ3n) is 6.93. The van der Waals surface area contributed by atoms with E-state index in [4.69, 9.17) is 5.73 Å². The Kier molecular flexibility index (Phi) is 10.5. The minimum Gasteiger partial charge on any atom is -0.465 e. The van der Waals surface area contributed by atoms with Crippen LogP contribution in [0.3, 0.4) is 0 Å². The highest BCUT2D eigenvalue weighted by atomic mass is 32.1. The monoisotopic (exact) mass is 635 g/mol. The molecule has 1 unspecified atom stereocenters. The summed E-state index contributed by atoms with van der Waals surface area (Å²) in [6.45, 7) is 2.51. The standard InChI is InChI=1S/C32H34FN5O6S/c1-32(2,44)20-11-12-22(24(33)16-20)26-17-23(28(34)40)30(45-26)37-27-10-6-9-21(36-27)18-38(31(42)43)25(29(41)35-13-14-39)15-19-7-4-3-5-8-19/h3-12,16-17,25,39,44H,13-15,18H2,1-2H3,(H2,34,40)(H,35,41)(H,36,37)(H,42,43). The number of carbonyl (C=O) groups is 3. The number of hydrogen-bond donors (Lipinski definition) is 6. The molecule has 13 heteroatoms. The number of pyridine rings is 1. The van der Waals surface area contributed by atoms with Crippen molar-refractivity contribution < 1.29 is 34.1 Å². The molecule has 0 aliphatic rings. The second-order valence-electron chi connectivity index (χ2n) is 10.7. The molecule has 45 heavy (non-hydrogen) atoms. The smallest absolute Gasteiger partial charge is 0.408 e. The predicted molar refractivity (Wildman–Crippen MR) is 169 cm³/mol. The topological polar surface area (TPSA) is 178 Å². The number of nitrogens with one attached hydrogen (secondary N) is 2. The Morgan fingerprint density at radius 2 is 1.80 bits per heavy atom. The summed E-state index contributed by atoms with van der Waals surface area (Å²) in [5.41, 5.74) is 6.14. The Bertz CT molecular complexity index is 1670. The number of amides is 3. The van der Waals surface area contributed by atoms with Crippen LogP contribution in [0.15, 0.2) is 72.8 Å². The number of aliphatic hydroxyl groups is 2. The van der Waals surface area contributed by atoms with Crippen LogP contribution in [0.5, 0.6) is 0 Å². The lowest BCUT2D eigenvalue weighted by Gasteiger charge is -2.28. The maximum atomic E-state index is 15.1. The van der Waals surface area contributed by atoms with Gasteiger partial charge in [0.2, 0.25) is 5.91 Å². The van der Waals surface area contributed by atoms with Crippen LogP contribution in [0.4, 0.5) is 20.0 Å². The Hall–Kier alpha value is -4.85. The first-order chi connectivity index (χ1) is 21.4. The number of hydrogen-bond acceptors (Lipinski definition) is 8. The molecule has 0 bridgehead atoms. The fourth-order valence-electron chi connectivity index (χ4n) is 4.61. The molecule has 236 valence electrons. The van der Waals surface area contributed by atoms with Gasteiger partial charge in [0.15, 0.2) is 0 Å². The SMILES string of the molecule is CC(C)(O)c1ccc(-c2cc(C(N)=O)c(Nc3cccc(CN(C(=O)O)C(Cc4ccccc4)C(=O)NCCO)n3)s2)c(F)c1. The van der Waals surface area contributed by atoms with Crippen LogP contribution in [0, 0.1) is 5.82 Å². The minimum absolute atomic E-state index is 0.0340. The largest absolute Gasteiger partial charge is 0.465 e. The van der Waals surface area contributed by atoms with Crippen LogP contribution in [0.2, 0.25) is 0 Å². The number of rotatable bonds is 13. The molecule has 0 spiro atoms. The highest BCUT2D eigenvalue weighted by molar-refractivity contribution is 7.20. The number of primary amides is 1.